The van der Waals surface area contributed by atoms with Crippen molar-refractivity contribution in [3.05, 3.63) is 47.5 Å². The molecule has 2 fully saturated rings. The average molecular weight is 457 g/mol. The van der Waals surface area contributed by atoms with E-state index in [0.29, 0.717) is 53.4 Å². The molecular formula is C23H22ClFN4O3. The third-order valence-electron chi connectivity index (χ3n) is 6.34. The van der Waals surface area contributed by atoms with Crippen LogP contribution in [0.4, 0.5) is 15.9 Å². The lowest BCUT2D eigenvalue weighted by Crippen LogP contribution is -2.16. The van der Waals surface area contributed by atoms with Crippen LogP contribution in [0.3, 0.4) is 0 Å². The van der Waals surface area contributed by atoms with Crippen LogP contribution in [0, 0.1) is 17.2 Å². The molecule has 2 heterocycles. The predicted octanol–water partition coefficient (Wildman–Crippen LogP) is 4.12. The molecule has 1 spiro atoms. The number of fused-ring (bicyclic) bond motifs is 1. The minimum Gasteiger partial charge on any atom is -0.493 e. The SMILES string of the molecule is COc1cc2ncnc(Nc3ccc(F)c(Cl)c3)c2cc1OCCC1CC12CNCC2=O. The van der Waals surface area contributed by atoms with Crippen LogP contribution in [0.2, 0.25) is 5.02 Å². The summed E-state index contributed by atoms with van der Waals surface area (Å²) < 4.78 is 25.0. The van der Waals surface area contributed by atoms with Crippen molar-refractivity contribution in [2.75, 3.05) is 32.1 Å². The van der Waals surface area contributed by atoms with E-state index < -0.39 is 5.82 Å². The van der Waals surface area contributed by atoms with Crippen molar-refractivity contribution in [1.29, 1.82) is 0 Å². The normalized spacial score (nSPS) is 21.8. The zero-order valence-corrected chi connectivity index (χ0v) is 18.2. The number of hydrogen-bond acceptors (Lipinski definition) is 7. The number of nitrogens with one attached hydrogen (secondary N) is 2. The lowest BCUT2D eigenvalue weighted by Gasteiger charge is -2.14. The summed E-state index contributed by atoms with van der Waals surface area (Å²) in [7, 11) is 1.58. The Labute approximate surface area is 189 Å². The van der Waals surface area contributed by atoms with E-state index >= 15 is 0 Å². The molecule has 1 saturated carbocycles. The molecule has 2 atom stereocenters. The quantitative estimate of drug-likeness (QED) is 0.553. The van der Waals surface area contributed by atoms with Gasteiger partial charge in [0.25, 0.3) is 0 Å². The Bertz CT molecular complexity index is 1210. The third-order valence-corrected chi connectivity index (χ3v) is 6.63. The molecule has 5 rings (SSSR count). The van der Waals surface area contributed by atoms with Crippen molar-refractivity contribution in [3.63, 3.8) is 0 Å². The van der Waals surface area contributed by atoms with Crippen molar-refractivity contribution >= 4 is 39.8 Å². The van der Waals surface area contributed by atoms with E-state index in [-0.39, 0.29) is 10.4 Å². The maximum atomic E-state index is 13.5. The van der Waals surface area contributed by atoms with Crippen LogP contribution in [0.15, 0.2) is 36.7 Å². The highest BCUT2D eigenvalue weighted by Gasteiger charge is 2.60. The number of Topliss-reactive ketones (excluding diaryl/α,β-unsaturated/α-hetero) is 1. The molecule has 1 aliphatic heterocycles. The van der Waals surface area contributed by atoms with E-state index in [4.69, 9.17) is 21.1 Å². The van der Waals surface area contributed by atoms with Crippen LogP contribution in [-0.4, -0.2) is 42.6 Å². The van der Waals surface area contributed by atoms with Crippen molar-refractivity contribution in [1.82, 2.24) is 15.3 Å². The highest BCUT2D eigenvalue weighted by molar-refractivity contribution is 6.31. The summed E-state index contributed by atoms with van der Waals surface area (Å²) in [5.74, 6) is 1.86. The first-order valence-corrected chi connectivity index (χ1v) is 10.8. The summed E-state index contributed by atoms with van der Waals surface area (Å²) in [6, 6.07) is 7.99. The van der Waals surface area contributed by atoms with Gasteiger partial charge in [0, 0.05) is 29.1 Å². The molecule has 0 amide bonds. The zero-order valence-electron chi connectivity index (χ0n) is 17.5. The fourth-order valence-electron chi connectivity index (χ4n) is 4.45. The van der Waals surface area contributed by atoms with E-state index in [2.05, 4.69) is 20.6 Å². The summed E-state index contributed by atoms with van der Waals surface area (Å²) in [6.45, 7) is 1.73. The summed E-state index contributed by atoms with van der Waals surface area (Å²) in [5.41, 5.74) is 1.10. The summed E-state index contributed by atoms with van der Waals surface area (Å²) >= 11 is 5.90. The standard InChI is InChI=1S/C23H22ClFN4O3/c1-31-19-8-18-15(22(28-12-27-18)29-14-2-3-17(25)16(24)6-14)7-20(19)32-5-4-13-9-23(13)11-26-10-21(23)30/h2-3,6-8,12-13,26H,4-5,9-11H2,1H3,(H,27,28,29). The molecule has 2 aromatic carbocycles. The Morgan fingerprint density at radius 2 is 2.16 bits per heavy atom. The van der Waals surface area contributed by atoms with Crippen molar-refractivity contribution in [3.8, 4) is 11.5 Å². The monoisotopic (exact) mass is 456 g/mol. The topological polar surface area (TPSA) is 85.4 Å². The largest absolute Gasteiger partial charge is 0.493 e. The molecule has 2 unspecified atom stereocenters. The molecule has 166 valence electrons. The third kappa shape index (κ3) is 3.73. The number of aromatic nitrogens is 2. The Morgan fingerprint density at radius 3 is 2.91 bits per heavy atom. The molecule has 32 heavy (non-hydrogen) atoms. The van der Waals surface area contributed by atoms with Crippen LogP contribution >= 0.6 is 11.6 Å². The molecule has 9 heteroatoms. The molecule has 1 aliphatic carbocycles. The fraction of sp³-hybridized carbons (Fsp3) is 0.348. The van der Waals surface area contributed by atoms with Gasteiger partial charge in [0.2, 0.25) is 0 Å². The lowest BCUT2D eigenvalue weighted by molar-refractivity contribution is -0.121. The molecule has 3 aromatic rings. The van der Waals surface area contributed by atoms with E-state index in [1.165, 1.54) is 18.5 Å². The number of carbonyl (C=O) groups excluding carboxylic acids is 1. The Balaban J connectivity index is 1.36. The minimum atomic E-state index is -0.488. The van der Waals surface area contributed by atoms with Gasteiger partial charge < -0.3 is 20.1 Å². The lowest BCUT2D eigenvalue weighted by atomic mass is 10.0. The predicted molar refractivity (Wildman–Crippen MR) is 119 cm³/mol. The number of benzene rings is 2. The minimum absolute atomic E-state index is 0.0212. The van der Waals surface area contributed by atoms with Gasteiger partial charge in [-0.2, -0.15) is 0 Å². The highest BCUT2D eigenvalue weighted by atomic mass is 35.5. The number of nitrogens with zero attached hydrogens (tertiary/aromatic N) is 2. The van der Waals surface area contributed by atoms with Crippen LogP contribution in [-0.2, 0) is 4.79 Å². The maximum Gasteiger partial charge on any atom is 0.162 e. The summed E-state index contributed by atoms with van der Waals surface area (Å²) in [5, 5.41) is 7.08. The highest BCUT2D eigenvalue weighted by Crippen LogP contribution is 2.56. The van der Waals surface area contributed by atoms with Crippen molar-refractivity contribution in [2.45, 2.75) is 12.8 Å². The second kappa shape index (κ2) is 8.18. The second-order valence-electron chi connectivity index (χ2n) is 8.22. The molecule has 0 radical (unpaired) electrons. The molecule has 1 aromatic heterocycles. The van der Waals surface area contributed by atoms with Crippen LogP contribution < -0.4 is 20.1 Å². The first-order chi connectivity index (χ1) is 15.5. The average Bonchev–Trinajstić information content (AvgIpc) is 3.37. The first-order valence-electron chi connectivity index (χ1n) is 10.4. The van der Waals surface area contributed by atoms with Crippen LogP contribution in [0.25, 0.3) is 10.9 Å². The number of methoxy groups -OCH3 is 1. The Kier molecular flexibility index (Phi) is 5.35. The van der Waals surface area contributed by atoms with E-state index in [1.54, 1.807) is 19.2 Å². The molecule has 2 N–H and O–H groups in total. The van der Waals surface area contributed by atoms with Gasteiger partial charge in [-0.1, -0.05) is 11.6 Å². The number of halogens is 2. The molecule has 1 saturated heterocycles. The second-order valence-corrected chi connectivity index (χ2v) is 8.62. The van der Waals surface area contributed by atoms with Gasteiger partial charge in [0.1, 0.15) is 18.0 Å². The van der Waals surface area contributed by atoms with Crippen molar-refractivity contribution < 1.29 is 18.7 Å². The number of anilines is 2. The molecule has 0 bridgehead atoms. The van der Waals surface area contributed by atoms with E-state index in [1.807, 2.05) is 6.07 Å². The molecule has 2 aliphatic rings. The van der Waals surface area contributed by atoms with Gasteiger partial charge in [0.15, 0.2) is 17.3 Å². The zero-order chi connectivity index (χ0) is 22.3. The van der Waals surface area contributed by atoms with Gasteiger partial charge in [-0.25, -0.2) is 14.4 Å². The summed E-state index contributed by atoms with van der Waals surface area (Å²) in [4.78, 5) is 20.8. The van der Waals surface area contributed by atoms with Gasteiger partial charge in [-0.15, -0.1) is 0 Å². The first kappa shape index (κ1) is 20.9. The number of ketones is 1. The molecular weight excluding hydrogens is 435 g/mol. The number of hydrogen-bond donors (Lipinski definition) is 2. The van der Waals surface area contributed by atoms with Gasteiger partial charge in [0.05, 0.1) is 30.8 Å². The molecule has 7 nitrogen and oxygen atoms in total. The number of ether oxygens (including phenoxy) is 2. The van der Waals surface area contributed by atoms with E-state index in [9.17, 15) is 9.18 Å². The number of rotatable bonds is 7. The van der Waals surface area contributed by atoms with Gasteiger partial charge >= 0.3 is 0 Å². The Morgan fingerprint density at radius 1 is 1.28 bits per heavy atom. The van der Waals surface area contributed by atoms with Crippen LogP contribution in [0.1, 0.15) is 12.8 Å². The maximum absolute atomic E-state index is 13.5. The summed E-state index contributed by atoms with van der Waals surface area (Å²) in [6.07, 6.45) is 3.17. The Hall–Kier alpha value is -2.97. The smallest absolute Gasteiger partial charge is 0.162 e. The van der Waals surface area contributed by atoms with E-state index in [0.717, 1.165) is 24.8 Å². The van der Waals surface area contributed by atoms with Gasteiger partial charge in [-0.3, -0.25) is 4.79 Å². The van der Waals surface area contributed by atoms with Crippen LogP contribution in [0.5, 0.6) is 11.5 Å². The number of carbonyl (C=O) groups is 1. The van der Waals surface area contributed by atoms with Gasteiger partial charge in [-0.05, 0) is 43.0 Å². The fourth-order valence-corrected chi connectivity index (χ4v) is 4.63. The van der Waals surface area contributed by atoms with Crippen molar-refractivity contribution in [2.24, 2.45) is 11.3 Å².